The molecule has 0 bridgehead atoms. The van der Waals surface area contributed by atoms with Crippen LogP contribution >= 0.6 is 33.2 Å². The summed E-state index contributed by atoms with van der Waals surface area (Å²) >= 11 is 17.6. The zero-order chi connectivity index (χ0) is 19.4. The smallest absolute Gasteiger partial charge is 0.341 e. The van der Waals surface area contributed by atoms with Gasteiger partial charge in [0.2, 0.25) is 0 Å². The van der Waals surface area contributed by atoms with Crippen LogP contribution in [-0.4, -0.2) is 25.7 Å². The van der Waals surface area contributed by atoms with Crippen LogP contribution in [0.3, 0.4) is 0 Å². The largest absolute Gasteiger partial charge is 0.545 e. The van der Waals surface area contributed by atoms with Crippen molar-refractivity contribution in [1.82, 2.24) is 0 Å². The van der Waals surface area contributed by atoms with E-state index in [0.29, 0.717) is 23.7 Å². The van der Waals surface area contributed by atoms with Crippen molar-refractivity contribution in [3.8, 4) is 11.5 Å². The van der Waals surface area contributed by atoms with Crippen LogP contribution in [0, 0.1) is 0 Å². The van der Waals surface area contributed by atoms with Gasteiger partial charge in [0.15, 0.2) is 11.5 Å². The van der Waals surface area contributed by atoms with Crippen LogP contribution in [0.25, 0.3) is 6.08 Å². The summed E-state index contributed by atoms with van der Waals surface area (Å²) in [6, 6.07) is 3.52. The summed E-state index contributed by atoms with van der Waals surface area (Å²) in [6.45, 7) is 0.574. The van der Waals surface area contributed by atoms with Crippen LogP contribution in [0.2, 0.25) is 6.04 Å². The zero-order valence-corrected chi connectivity index (χ0v) is 18.1. The zero-order valence-electron chi connectivity index (χ0n) is 14.8. The number of hydrogen-bond acceptors (Lipinski definition) is 4. The molecule has 4 nitrogen and oxygen atoms in total. The van der Waals surface area contributed by atoms with Gasteiger partial charge in [0, 0.05) is 0 Å². The van der Waals surface area contributed by atoms with Crippen molar-refractivity contribution in [3.05, 3.63) is 29.8 Å². The topological polar surface area (TPSA) is 58.6 Å². The molecule has 0 unspecified atom stereocenters. The molecule has 0 radical (unpaired) electrons. The van der Waals surface area contributed by atoms with Crippen LogP contribution in [0.4, 0.5) is 0 Å². The van der Waals surface area contributed by atoms with Crippen molar-refractivity contribution in [3.63, 3.8) is 0 Å². The SMILES string of the molecule is COc1ccc(/C=C/C(=O)[O-])cc1OCCCCCCCC[Si](Cl)(Cl)Cl. The maximum Gasteiger partial charge on any atom is 0.341 e. The van der Waals surface area contributed by atoms with Gasteiger partial charge in [0.1, 0.15) is 0 Å². The number of benzene rings is 1. The van der Waals surface area contributed by atoms with E-state index < -0.39 is 12.0 Å². The molecule has 1 aromatic carbocycles. The molecule has 0 N–H and O–H groups in total. The predicted octanol–water partition coefficient (Wildman–Crippen LogP) is 4.83. The van der Waals surface area contributed by atoms with E-state index in [1.54, 1.807) is 25.3 Å². The number of carboxylic acids is 1. The first-order chi connectivity index (χ1) is 12.3. The van der Waals surface area contributed by atoms with Crippen LogP contribution in [0.1, 0.15) is 44.1 Å². The number of aliphatic carboxylic acids is 1. The Morgan fingerprint density at radius 3 is 2.35 bits per heavy atom. The minimum Gasteiger partial charge on any atom is -0.545 e. The van der Waals surface area contributed by atoms with E-state index >= 15 is 0 Å². The Labute approximate surface area is 170 Å². The van der Waals surface area contributed by atoms with Crippen LogP contribution in [0.15, 0.2) is 24.3 Å². The molecule has 0 fully saturated rings. The number of methoxy groups -OCH3 is 1. The highest BCUT2D eigenvalue weighted by molar-refractivity contribution is 7.64. The lowest BCUT2D eigenvalue weighted by Gasteiger charge is -2.11. The third-order valence-corrected chi connectivity index (χ3v) is 6.33. The van der Waals surface area contributed by atoms with Gasteiger partial charge in [-0.1, -0.05) is 44.2 Å². The molecule has 26 heavy (non-hydrogen) atoms. The fourth-order valence-electron chi connectivity index (χ4n) is 2.39. The standard InChI is InChI=1S/C18H25Cl3O4Si/c1-24-16-10-8-15(9-11-18(22)23)14-17(16)25-12-6-4-2-3-5-7-13-26(19,20)21/h8-11,14H,2-7,12-13H2,1H3,(H,22,23)/p-1/b11-9+. The Morgan fingerprint density at radius 2 is 1.73 bits per heavy atom. The van der Waals surface area contributed by atoms with E-state index in [4.69, 9.17) is 42.7 Å². The maximum absolute atomic E-state index is 10.5. The molecule has 0 amide bonds. The molecule has 0 atom stereocenters. The Balaban J connectivity index is 2.29. The Kier molecular flexibility index (Phi) is 11.1. The van der Waals surface area contributed by atoms with Gasteiger partial charge >= 0.3 is 6.00 Å². The molecule has 0 spiro atoms. The monoisotopic (exact) mass is 437 g/mol. The highest BCUT2D eigenvalue weighted by Crippen LogP contribution is 2.29. The number of carbonyl (C=O) groups excluding carboxylic acids is 1. The van der Waals surface area contributed by atoms with Gasteiger partial charge in [-0.15, -0.1) is 33.2 Å². The van der Waals surface area contributed by atoms with Gasteiger partial charge in [-0.25, -0.2) is 0 Å². The minimum absolute atomic E-state index is 0.574. The van der Waals surface area contributed by atoms with Crippen molar-refractivity contribution in [1.29, 1.82) is 0 Å². The van der Waals surface area contributed by atoms with Crippen LogP contribution in [0.5, 0.6) is 11.5 Å². The highest BCUT2D eigenvalue weighted by Gasteiger charge is 2.23. The van der Waals surface area contributed by atoms with Gasteiger partial charge in [0.25, 0.3) is 0 Å². The van der Waals surface area contributed by atoms with Gasteiger partial charge in [-0.05, 0) is 36.2 Å². The first-order valence-electron chi connectivity index (χ1n) is 8.58. The fraction of sp³-hybridized carbons (Fsp3) is 0.500. The second kappa shape index (κ2) is 12.5. The Morgan fingerprint density at radius 1 is 1.08 bits per heavy atom. The average Bonchev–Trinajstić information content (AvgIpc) is 2.57. The highest BCUT2D eigenvalue weighted by atomic mass is 35.8. The molecule has 0 aliphatic heterocycles. The third-order valence-electron chi connectivity index (χ3n) is 3.71. The lowest BCUT2D eigenvalue weighted by atomic mass is 10.1. The molecule has 0 aromatic heterocycles. The second-order valence-electron chi connectivity index (χ2n) is 5.90. The van der Waals surface area contributed by atoms with Crippen LogP contribution in [-0.2, 0) is 4.79 Å². The molecule has 0 heterocycles. The first kappa shape index (κ1) is 23.2. The molecule has 0 saturated heterocycles. The minimum atomic E-state index is -2.46. The summed E-state index contributed by atoms with van der Waals surface area (Å²) < 4.78 is 11.0. The van der Waals surface area contributed by atoms with E-state index in [0.717, 1.165) is 50.6 Å². The number of unbranched alkanes of at least 4 members (excludes halogenated alkanes) is 5. The summed E-state index contributed by atoms with van der Waals surface area (Å²) in [5.41, 5.74) is 0.711. The van der Waals surface area contributed by atoms with Crippen molar-refractivity contribution >= 4 is 51.3 Å². The summed E-state index contributed by atoms with van der Waals surface area (Å²) in [4.78, 5) is 10.5. The number of ether oxygens (including phenoxy) is 2. The van der Waals surface area contributed by atoms with Crippen molar-refractivity contribution in [2.45, 2.75) is 44.6 Å². The van der Waals surface area contributed by atoms with Crippen molar-refractivity contribution in [2.75, 3.05) is 13.7 Å². The number of carbonyl (C=O) groups is 1. The Bertz CT molecular complexity index is 588. The summed E-state index contributed by atoms with van der Waals surface area (Å²) in [6.07, 6.45) is 8.75. The fourth-order valence-corrected chi connectivity index (χ4v) is 4.24. The summed E-state index contributed by atoms with van der Waals surface area (Å²) in [5.74, 6) is -0.0217. The van der Waals surface area contributed by atoms with Gasteiger partial charge in [0.05, 0.1) is 19.7 Å². The number of carboxylic acid groups (broad SMARTS) is 1. The average molecular weight is 439 g/mol. The molecular weight excluding hydrogens is 415 g/mol. The van der Waals surface area contributed by atoms with E-state index in [2.05, 4.69) is 0 Å². The normalized spacial score (nSPS) is 11.7. The Hall–Kier alpha value is -0.883. The quantitative estimate of drug-likeness (QED) is 0.191. The summed E-state index contributed by atoms with van der Waals surface area (Å²) in [7, 11) is 1.57. The number of halogens is 3. The van der Waals surface area contributed by atoms with Gasteiger partial charge in [-0.2, -0.15) is 0 Å². The molecule has 0 saturated carbocycles. The predicted molar refractivity (Wildman–Crippen MR) is 108 cm³/mol. The van der Waals surface area contributed by atoms with Crippen molar-refractivity contribution < 1.29 is 19.4 Å². The molecule has 8 heteroatoms. The molecule has 1 aromatic rings. The number of rotatable bonds is 13. The van der Waals surface area contributed by atoms with E-state index in [-0.39, 0.29) is 0 Å². The lowest BCUT2D eigenvalue weighted by Crippen LogP contribution is -2.18. The molecule has 146 valence electrons. The number of hydrogen-bond donors (Lipinski definition) is 0. The van der Waals surface area contributed by atoms with E-state index in [1.165, 1.54) is 6.08 Å². The molecule has 0 aliphatic carbocycles. The van der Waals surface area contributed by atoms with E-state index in [1.807, 2.05) is 0 Å². The van der Waals surface area contributed by atoms with Gasteiger partial charge in [-0.3, -0.25) is 0 Å². The molecular formula is C18H24Cl3O4Si-. The lowest BCUT2D eigenvalue weighted by molar-refractivity contribution is -0.297. The third kappa shape index (κ3) is 11.0. The van der Waals surface area contributed by atoms with Gasteiger partial charge < -0.3 is 19.4 Å². The maximum atomic E-state index is 10.5. The molecule has 1 rings (SSSR count). The van der Waals surface area contributed by atoms with Crippen LogP contribution < -0.4 is 14.6 Å². The van der Waals surface area contributed by atoms with Crippen molar-refractivity contribution in [2.24, 2.45) is 0 Å². The van der Waals surface area contributed by atoms with E-state index in [9.17, 15) is 9.90 Å². The second-order valence-corrected chi connectivity index (χ2v) is 15.2. The summed E-state index contributed by atoms with van der Waals surface area (Å²) in [5, 5.41) is 10.5. The first-order valence-corrected chi connectivity index (χ1v) is 13.8. The molecule has 0 aliphatic rings.